The molecule has 16 heavy (non-hydrogen) atoms. The van der Waals surface area contributed by atoms with Crippen LogP contribution in [-0.4, -0.2) is 30.6 Å². The molecule has 3 heteroatoms. The zero-order chi connectivity index (χ0) is 12.2. The van der Waals surface area contributed by atoms with Crippen LogP contribution in [0, 0.1) is 23.2 Å². The Kier molecular flexibility index (Phi) is 4.76. The zero-order valence-electron chi connectivity index (χ0n) is 10.9. The quantitative estimate of drug-likeness (QED) is 0.718. The van der Waals surface area contributed by atoms with Gasteiger partial charge in [0.25, 0.3) is 0 Å². The third-order valence-electron chi connectivity index (χ3n) is 3.84. The number of hydrogen-bond acceptors (Lipinski definition) is 3. The minimum atomic E-state index is -0.603. The fourth-order valence-electron chi connectivity index (χ4n) is 2.12. The molecule has 3 atom stereocenters. The molecule has 1 fully saturated rings. The minimum absolute atomic E-state index is 0.603. The van der Waals surface area contributed by atoms with Gasteiger partial charge in [0.2, 0.25) is 0 Å². The summed E-state index contributed by atoms with van der Waals surface area (Å²) >= 11 is 0. The van der Waals surface area contributed by atoms with E-state index in [4.69, 9.17) is 11.0 Å². The maximum absolute atomic E-state index is 8.95. The van der Waals surface area contributed by atoms with Crippen molar-refractivity contribution in [2.24, 2.45) is 17.6 Å². The third kappa shape index (κ3) is 4.11. The summed E-state index contributed by atoms with van der Waals surface area (Å²) in [5.41, 5.74) is 5.34. The first-order chi connectivity index (χ1) is 7.50. The van der Waals surface area contributed by atoms with Gasteiger partial charge in [0.1, 0.15) is 5.54 Å². The Hall–Kier alpha value is -0.590. The van der Waals surface area contributed by atoms with Crippen LogP contribution in [-0.2, 0) is 0 Å². The van der Waals surface area contributed by atoms with E-state index in [-0.39, 0.29) is 0 Å². The first-order valence-corrected chi connectivity index (χ1v) is 6.39. The number of rotatable bonds is 7. The molecule has 1 saturated carbocycles. The van der Waals surface area contributed by atoms with Crippen molar-refractivity contribution in [2.75, 3.05) is 20.1 Å². The van der Waals surface area contributed by atoms with Crippen LogP contribution in [0.5, 0.6) is 0 Å². The van der Waals surface area contributed by atoms with Gasteiger partial charge in [-0.05, 0) is 51.1 Å². The van der Waals surface area contributed by atoms with Gasteiger partial charge in [-0.25, -0.2) is 0 Å². The molecular weight excluding hydrogens is 198 g/mol. The summed E-state index contributed by atoms with van der Waals surface area (Å²) in [6, 6.07) is 2.22. The summed E-state index contributed by atoms with van der Waals surface area (Å²) < 4.78 is 0. The summed E-state index contributed by atoms with van der Waals surface area (Å²) in [6.45, 7) is 6.57. The summed E-state index contributed by atoms with van der Waals surface area (Å²) in [6.07, 6.45) is 3.96. The molecule has 1 rings (SSSR count). The fraction of sp³-hybridized carbons (Fsp3) is 0.923. The molecule has 0 aromatic heterocycles. The fourth-order valence-corrected chi connectivity index (χ4v) is 2.12. The lowest BCUT2D eigenvalue weighted by Crippen LogP contribution is -2.38. The van der Waals surface area contributed by atoms with E-state index in [2.05, 4.69) is 24.9 Å². The monoisotopic (exact) mass is 223 g/mol. The normalized spacial score (nSPS) is 27.5. The molecule has 0 aromatic rings. The molecule has 3 nitrogen and oxygen atoms in total. The van der Waals surface area contributed by atoms with Gasteiger partial charge in [-0.15, -0.1) is 0 Å². The highest BCUT2D eigenvalue weighted by molar-refractivity contribution is 5.03. The van der Waals surface area contributed by atoms with Gasteiger partial charge in [-0.3, -0.25) is 0 Å². The first kappa shape index (κ1) is 13.5. The van der Waals surface area contributed by atoms with E-state index in [0.717, 1.165) is 37.6 Å². The van der Waals surface area contributed by atoms with Gasteiger partial charge < -0.3 is 10.6 Å². The van der Waals surface area contributed by atoms with Gasteiger partial charge in [0, 0.05) is 6.54 Å². The molecule has 92 valence electrons. The van der Waals surface area contributed by atoms with E-state index < -0.39 is 5.54 Å². The minimum Gasteiger partial charge on any atom is -0.313 e. The Morgan fingerprint density at radius 3 is 2.62 bits per heavy atom. The van der Waals surface area contributed by atoms with Crippen LogP contribution < -0.4 is 5.73 Å². The average molecular weight is 223 g/mol. The van der Waals surface area contributed by atoms with E-state index in [0.29, 0.717) is 0 Å². The van der Waals surface area contributed by atoms with Gasteiger partial charge in [0.05, 0.1) is 6.07 Å². The van der Waals surface area contributed by atoms with Crippen LogP contribution in [0.3, 0.4) is 0 Å². The van der Waals surface area contributed by atoms with E-state index in [9.17, 15) is 0 Å². The van der Waals surface area contributed by atoms with Gasteiger partial charge in [-0.2, -0.15) is 5.26 Å². The van der Waals surface area contributed by atoms with Crippen molar-refractivity contribution in [2.45, 2.75) is 45.1 Å². The molecule has 0 aliphatic heterocycles. The maximum Gasteiger partial charge on any atom is 0.104 e. The zero-order valence-corrected chi connectivity index (χ0v) is 10.9. The largest absolute Gasteiger partial charge is 0.313 e. The smallest absolute Gasteiger partial charge is 0.104 e. The first-order valence-electron chi connectivity index (χ1n) is 6.39. The van der Waals surface area contributed by atoms with E-state index in [1.54, 1.807) is 0 Å². The van der Waals surface area contributed by atoms with Crippen molar-refractivity contribution >= 4 is 0 Å². The van der Waals surface area contributed by atoms with Crippen LogP contribution in [0.15, 0.2) is 0 Å². The summed E-state index contributed by atoms with van der Waals surface area (Å²) in [5.74, 6) is 1.83. The van der Waals surface area contributed by atoms with Crippen molar-refractivity contribution < 1.29 is 0 Å². The lowest BCUT2D eigenvalue weighted by molar-refractivity contribution is 0.296. The number of nitriles is 1. The van der Waals surface area contributed by atoms with Crippen LogP contribution >= 0.6 is 0 Å². The van der Waals surface area contributed by atoms with Gasteiger partial charge >= 0.3 is 0 Å². The SMILES string of the molecule is CCC(N)(C#N)CCCN(C)CC1CC1C. The van der Waals surface area contributed by atoms with Crippen molar-refractivity contribution in [1.29, 1.82) is 5.26 Å². The molecule has 0 spiro atoms. The van der Waals surface area contributed by atoms with Crippen LogP contribution in [0.1, 0.15) is 39.5 Å². The predicted molar refractivity (Wildman–Crippen MR) is 66.8 cm³/mol. The maximum atomic E-state index is 8.95. The van der Waals surface area contributed by atoms with Gasteiger partial charge in [-0.1, -0.05) is 13.8 Å². The standard InChI is InChI=1S/C13H25N3/c1-4-13(15,10-14)6-5-7-16(3)9-12-8-11(12)2/h11-12H,4-9,15H2,1-3H3. The van der Waals surface area contributed by atoms with Crippen molar-refractivity contribution in [3.8, 4) is 6.07 Å². The predicted octanol–water partition coefficient (Wildman–Crippen LogP) is 1.99. The second kappa shape index (κ2) is 5.65. The Morgan fingerprint density at radius 2 is 2.19 bits per heavy atom. The molecule has 3 unspecified atom stereocenters. The summed E-state index contributed by atoms with van der Waals surface area (Å²) in [4.78, 5) is 2.38. The number of hydrogen-bond donors (Lipinski definition) is 1. The highest BCUT2D eigenvalue weighted by Crippen LogP contribution is 2.37. The molecule has 0 saturated heterocycles. The second-order valence-corrected chi connectivity index (χ2v) is 5.46. The van der Waals surface area contributed by atoms with E-state index >= 15 is 0 Å². The van der Waals surface area contributed by atoms with E-state index in [1.165, 1.54) is 13.0 Å². The Labute approximate surface area is 99.6 Å². The Bertz CT molecular complexity index is 258. The molecular formula is C13H25N3. The van der Waals surface area contributed by atoms with Crippen molar-refractivity contribution in [3.63, 3.8) is 0 Å². The third-order valence-corrected chi connectivity index (χ3v) is 3.84. The molecule has 0 heterocycles. The highest BCUT2D eigenvalue weighted by Gasteiger charge is 2.33. The number of nitrogens with two attached hydrogens (primary N) is 1. The molecule has 1 aliphatic carbocycles. The molecule has 0 radical (unpaired) electrons. The number of nitrogens with zero attached hydrogens (tertiary/aromatic N) is 2. The molecule has 0 amide bonds. The molecule has 2 N–H and O–H groups in total. The lowest BCUT2D eigenvalue weighted by Gasteiger charge is -2.22. The summed E-state index contributed by atoms with van der Waals surface area (Å²) in [7, 11) is 2.17. The molecule has 1 aliphatic rings. The Balaban J connectivity index is 2.12. The Morgan fingerprint density at radius 1 is 1.56 bits per heavy atom. The molecule has 0 aromatic carbocycles. The lowest BCUT2D eigenvalue weighted by atomic mass is 9.93. The van der Waals surface area contributed by atoms with Crippen molar-refractivity contribution in [1.82, 2.24) is 4.90 Å². The second-order valence-electron chi connectivity index (χ2n) is 5.46. The van der Waals surface area contributed by atoms with E-state index in [1.807, 2.05) is 6.92 Å². The average Bonchev–Trinajstić information content (AvgIpc) is 2.94. The van der Waals surface area contributed by atoms with Crippen LogP contribution in [0.25, 0.3) is 0 Å². The van der Waals surface area contributed by atoms with Crippen LogP contribution in [0.4, 0.5) is 0 Å². The van der Waals surface area contributed by atoms with Gasteiger partial charge in [0.15, 0.2) is 0 Å². The molecule has 0 bridgehead atoms. The van der Waals surface area contributed by atoms with Crippen LogP contribution in [0.2, 0.25) is 0 Å². The topological polar surface area (TPSA) is 53.1 Å². The highest BCUT2D eigenvalue weighted by atomic mass is 15.1. The van der Waals surface area contributed by atoms with Crippen molar-refractivity contribution in [3.05, 3.63) is 0 Å². The summed E-state index contributed by atoms with van der Waals surface area (Å²) in [5, 5.41) is 8.95.